The molecule has 1 atom stereocenters. The van der Waals surface area contributed by atoms with E-state index in [0.717, 1.165) is 11.6 Å². The number of hydrogen-bond donors (Lipinski definition) is 1. The Balaban J connectivity index is 1.92. The SMILES string of the molecule is Cc1sc(CNC(C)c2nccs2)cc1Br. The summed E-state index contributed by atoms with van der Waals surface area (Å²) in [5, 5.41) is 6.64. The summed E-state index contributed by atoms with van der Waals surface area (Å²) in [6.07, 6.45) is 1.85. The zero-order chi connectivity index (χ0) is 11.5. The van der Waals surface area contributed by atoms with Crippen LogP contribution >= 0.6 is 38.6 Å². The molecule has 2 heterocycles. The normalized spacial score (nSPS) is 12.9. The summed E-state index contributed by atoms with van der Waals surface area (Å²) >= 11 is 7.06. The highest BCUT2D eigenvalue weighted by Crippen LogP contribution is 2.26. The average molecular weight is 317 g/mol. The minimum absolute atomic E-state index is 0.321. The van der Waals surface area contributed by atoms with Crippen LogP contribution in [0.1, 0.15) is 27.7 Å². The van der Waals surface area contributed by atoms with Crippen LogP contribution in [-0.2, 0) is 6.54 Å². The molecule has 86 valence electrons. The molecule has 0 fully saturated rings. The van der Waals surface area contributed by atoms with Gasteiger partial charge in [0.2, 0.25) is 0 Å². The predicted molar refractivity (Wildman–Crippen MR) is 74.1 cm³/mol. The van der Waals surface area contributed by atoms with E-state index in [-0.39, 0.29) is 0 Å². The van der Waals surface area contributed by atoms with E-state index in [1.54, 1.807) is 11.3 Å². The van der Waals surface area contributed by atoms with Crippen LogP contribution in [0.4, 0.5) is 0 Å². The third-order valence-electron chi connectivity index (χ3n) is 2.31. The van der Waals surface area contributed by atoms with Crippen LogP contribution in [0.5, 0.6) is 0 Å². The number of thiazole rings is 1. The first kappa shape index (κ1) is 12.2. The van der Waals surface area contributed by atoms with Gasteiger partial charge in [-0.25, -0.2) is 4.98 Å². The number of aryl methyl sites for hydroxylation is 1. The van der Waals surface area contributed by atoms with Gasteiger partial charge >= 0.3 is 0 Å². The van der Waals surface area contributed by atoms with Gasteiger partial charge < -0.3 is 5.32 Å². The highest BCUT2D eigenvalue weighted by molar-refractivity contribution is 9.10. The second-order valence-electron chi connectivity index (χ2n) is 3.59. The number of nitrogens with one attached hydrogen (secondary N) is 1. The predicted octanol–water partition coefficient (Wildman–Crippen LogP) is 4.13. The Morgan fingerprint density at radius 1 is 1.56 bits per heavy atom. The molecule has 16 heavy (non-hydrogen) atoms. The van der Waals surface area contributed by atoms with Gasteiger partial charge in [0.1, 0.15) is 5.01 Å². The van der Waals surface area contributed by atoms with E-state index in [1.807, 2.05) is 22.9 Å². The molecule has 0 aliphatic heterocycles. The first-order valence-corrected chi connectivity index (χ1v) is 7.53. The molecule has 0 saturated carbocycles. The molecule has 2 rings (SSSR count). The molecular weight excluding hydrogens is 304 g/mol. The summed E-state index contributed by atoms with van der Waals surface area (Å²) in [6.45, 7) is 5.18. The van der Waals surface area contributed by atoms with Gasteiger partial charge in [-0.3, -0.25) is 0 Å². The Kier molecular flexibility index (Phi) is 4.13. The van der Waals surface area contributed by atoms with Crippen molar-refractivity contribution in [2.24, 2.45) is 0 Å². The summed E-state index contributed by atoms with van der Waals surface area (Å²) in [5.74, 6) is 0. The van der Waals surface area contributed by atoms with Crippen LogP contribution in [-0.4, -0.2) is 4.98 Å². The molecule has 2 aromatic heterocycles. The number of aromatic nitrogens is 1. The fourth-order valence-electron chi connectivity index (χ4n) is 1.39. The fourth-order valence-corrected chi connectivity index (χ4v) is 3.62. The number of hydrogen-bond acceptors (Lipinski definition) is 4. The molecule has 0 radical (unpaired) electrons. The summed E-state index contributed by atoms with van der Waals surface area (Å²) in [4.78, 5) is 6.99. The van der Waals surface area contributed by atoms with Gasteiger partial charge in [0.25, 0.3) is 0 Å². The monoisotopic (exact) mass is 316 g/mol. The Morgan fingerprint density at radius 3 is 2.94 bits per heavy atom. The van der Waals surface area contributed by atoms with Crippen molar-refractivity contribution in [3.05, 3.63) is 36.9 Å². The lowest BCUT2D eigenvalue weighted by Crippen LogP contribution is -2.17. The molecule has 0 aliphatic rings. The minimum Gasteiger partial charge on any atom is -0.303 e. The van der Waals surface area contributed by atoms with E-state index in [9.17, 15) is 0 Å². The van der Waals surface area contributed by atoms with Gasteiger partial charge in [-0.15, -0.1) is 22.7 Å². The van der Waals surface area contributed by atoms with Crippen molar-refractivity contribution in [3.63, 3.8) is 0 Å². The molecule has 2 nitrogen and oxygen atoms in total. The molecule has 0 amide bonds. The fraction of sp³-hybridized carbons (Fsp3) is 0.364. The third kappa shape index (κ3) is 2.91. The van der Waals surface area contributed by atoms with E-state index in [0.29, 0.717) is 6.04 Å². The largest absolute Gasteiger partial charge is 0.303 e. The zero-order valence-corrected chi connectivity index (χ0v) is 12.4. The van der Waals surface area contributed by atoms with E-state index >= 15 is 0 Å². The van der Waals surface area contributed by atoms with Crippen molar-refractivity contribution < 1.29 is 0 Å². The Bertz CT molecular complexity index is 431. The molecular formula is C11H13BrN2S2. The van der Waals surface area contributed by atoms with E-state index < -0.39 is 0 Å². The van der Waals surface area contributed by atoms with E-state index in [1.165, 1.54) is 14.2 Å². The molecule has 0 bridgehead atoms. The van der Waals surface area contributed by atoms with Crippen molar-refractivity contribution >= 4 is 38.6 Å². The van der Waals surface area contributed by atoms with Gasteiger partial charge in [0.05, 0.1) is 6.04 Å². The molecule has 5 heteroatoms. The van der Waals surface area contributed by atoms with Crippen LogP contribution in [0.3, 0.4) is 0 Å². The molecule has 0 saturated heterocycles. The third-order valence-corrected chi connectivity index (χ3v) is 5.41. The summed E-state index contributed by atoms with van der Waals surface area (Å²) < 4.78 is 1.20. The lowest BCUT2D eigenvalue weighted by Gasteiger charge is -2.09. The van der Waals surface area contributed by atoms with Crippen LogP contribution in [0.25, 0.3) is 0 Å². The quantitative estimate of drug-likeness (QED) is 0.917. The van der Waals surface area contributed by atoms with Crippen LogP contribution in [0.15, 0.2) is 22.1 Å². The summed E-state index contributed by atoms with van der Waals surface area (Å²) in [5.41, 5.74) is 0. The minimum atomic E-state index is 0.321. The maximum absolute atomic E-state index is 4.30. The first-order chi connectivity index (χ1) is 7.66. The zero-order valence-electron chi connectivity index (χ0n) is 9.16. The van der Waals surface area contributed by atoms with Gasteiger partial charge in [0, 0.05) is 32.3 Å². The standard InChI is InChI=1S/C11H13BrN2S2/c1-7(11-13-3-4-15-11)14-6-9-5-10(12)8(2)16-9/h3-5,7,14H,6H2,1-2H3. The topological polar surface area (TPSA) is 24.9 Å². The van der Waals surface area contributed by atoms with Crippen molar-refractivity contribution in [1.82, 2.24) is 10.3 Å². The second-order valence-corrected chi connectivity index (χ2v) is 6.71. The second kappa shape index (κ2) is 5.40. The summed E-state index contributed by atoms with van der Waals surface area (Å²) in [6, 6.07) is 2.50. The highest BCUT2D eigenvalue weighted by Gasteiger charge is 2.08. The molecule has 0 aliphatic carbocycles. The Labute approximate surface area is 112 Å². The van der Waals surface area contributed by atoms with Crippen LogP contribution < -0.4 is 5.32 Å². The van der Waals surface area contributed by atoms with E-state index in [2.05, 4.69) is 46.1 Å². The van der Waals surface area contributed by atoms with Gasteiger partial charge in [-0.2, -0.15) is 0 Å². The van der Waals surface area contributed by atoms with Crippen molar-refractivity contribution in [3.8, 4) is 0 Å². The molecule has 0 aromatic carbocycles. The lowest BCUT2D eigenvalue weighted by atomic mass is 10.3. The van der Waals surface area contributed by atoms with Crippen molar-refractivity contribution in [2.45, 2.75) is 26.4 Å². The van der Waals surface area contributed by atoms with Gasteiger partial charge in [-0.1, -0.05) is 0 Å². The smallest absolute Gasteiger partial charge is 0.109 e. The number of nitrogens with zero attached hydrogens (tertiary/aromatic N) is 1. The van der Waals surface area contributed by atoms with Crippen LogP contribution in [0.2, 0.25) is 0 Å². The highest BCUT2D eigenvalue weighted by atomic mass is 79.9. The first-order valence-electron chi connectivity index (χ1n) is 5.04. The molecule has 1 unspecified atom stereocenters. The maximum Gasteiger partial charge on any atom is 0.109 e. The molecule has 0 spiro atoms. The van der Waals surface area contributed by atoms with Gasteiger partial charge in [-0.05, 0) is 35.8 Å². The maximum atomic E-state index is 4.30. The average Bonchev–Trinajstić information content (AvgIpc) is 2.86. The van der Waals surface area contributed by atoms with E-state index in [4.69, 9.17) is 0 Å². The number of thiophene rings is 1. The Morgan fingerprint density at radius 2 is 2.38 bits per heavy atom. The number of rotatable bonds is 4. The van der Waals surface area contributed by atoms with Crippen molar-refractivity contribution in [1.29, 1.82) is 0 Å². The molecule has 1 N–H and O–H groups in total. The lowest BCUT2D eigenvalue weighted by molar-refractivity contribution is 0.576. The van der Waals surface area contributed by atoms with Crippen molar-refractivity contribution in [2.75, 3.05) is 0 Å². The van der Waals surface area contributed by atoms with Crippen LogP contribution in [0, 0.1) is 6.92 Å². The number of halogens is 1. The Hall–Kier alpha value is -0.230. The summed E-state index contributed by atoms with van der Waals surface area (Å²) in [7, 11) is 0. The van der Waals surface area contributed by atoms with Gasteiger partial charge in [0.15, 0.2) is 0 Å². The molecule has 2 aromatic rings.